The summed E-state index contributed by atoms with van der Waals surface area (Å²) < 4.78 is 39.6. The van der Waals surface area contributed by atoms with Gasteiger partial charge in [-0.3, -0.25) is 0 Å². The van der Waals surface area contributed by atoms with Crippen LogP contribution in [0.15, 0.2) is 6.07 Å². The van der Waals surface area contributed by atoms with E-state index in [-0.39, 0.29) is 21.1 Å². The van der Waals surface area contributed by atoms with Crippen molar-refractivity contribution in [3.63, 3.8) is 0 Å². The van der Waals surface area contributed by atoms with Crippen LogP contribution in [0.3, 0.4) is 0 Å². The monoisotopic (exact) mass is 274 g/mol. The van der Waals surface area contributed by atoms with Crippen molar-refractivity contribution >= 4 is 17.3 Å². The van der Waals surface area contributed by atoms with Crippen molar-refractivity contribution in [3.05, 3.63) is 34.1 Å². The lowest BCUT2D eigenvalue weighted by Crippen LogP contribution is -1.97. The lowest BCUT2D eigenvalue weighted by Gasteiger charge is -2.05. The maximum Gasteiger partial charge on any atom is 0.367 e. The average molecular weight is 274 g/mol. The predicted molar refractivity (Wildman–Crippen MR) is 56.9 cm³/mol. The number of benzene rings is 1. The van der Waals surface area contributed by atoms with Crippen LogP contribution in [-0.2, 0) is 0 Å². The minimum Gasteiger partial charge on any atom is -0.476 e. The zero-order chi connectivity index (χ0) is 13.4. The van der Waals surface area contributed by atoms with Gasteiger partial charge < -0.3 is 5.11 Å². The maximum atomic E-state index is 13.6. The van der Waals surface area contributed by atoms with E-state index in [9.17, 15) is 18.0 Å². The lowest BCUT2D eigenvalue weighted by molar-refractivity contribution is 0.0695. The molecular weight excluding hydrogens is 269 g/mol. The maximum absolute atomic E-state index is 13.6. The van der Waals surface area contributed by atoms with Crippen LogP contribution in [0.1, 0.15) is 15.4 Å². The van der Waals surface area contributed by atoms with E-state index in [2.05, 4.69) is 10.2 Å². The van der Waals surface area contributed by atoms with Gasteiger partial charge in [0.2, 0.25) is 5.01 Å². The number of hydrogen-bond acceptors (Lipinski definition) is 4. The zero-order valence-electron chi connectivity index (χ0n) is 8.87. The van der Waals surface area contributed by atoms with Crippen molar-refractivity contribution in [2.45, 2.75) is 6.92 Å². The van der Waals surface area contributed by atoms with Crippen LogP contribution in [0, 0.1) is 24.4 Å². The molecule has 2 rings (SSSR count). The molecule has 2 aromatic rings. The summed E-state index contributed by atoms with van der Waals surface area (Å²) in [6, 6.07) is 0.815. The third-order valence-electron chi connectivity index (χ3n) is 2.18. The summed E-state index contributed by atoms with van der Waals surface area (Å²) in [4.78, 5) is 10.6. The molecule has 0 unspecified atom stereocenters. The van der Waals surface area contributed by atoms with Crippen LogP contribution in [0.5, 0.6) is 0 Å². The molecule has 0 aliphatic carbocycles. The molecular formula is C10H5F3N2O2S. The summed E-state index contributed by atoms with van der Waals surface area (Å²) >= 11 is 0.586. The van der Waals surface area contributed by atoms with Gasteiger partial charge in [-0.15, -0.1) is 10.2 Å². The Bertz CT molecular complexity index is 642. The topological polar surface area (TPSA) is 63.1 Å². The highest BCUT2D eigenvalue weighted by atomic mass is 32.1. The molecule has 0 saturated heterocycles. The molecule has 0 bridgehead atoms. The van der Waals surface area contributed by atoms with Crippen molar-refractivity contribution < 1.29 is 23.1 Å². The van der Waals surface area contributed by atoms with Gasteiger partial charge >= 0.3 is 5.97 Å². The van der Waals surface area contributed by atoms with Gasteiger partial charge in [-0.2, -0.15) is 0 Å². The molecule has 0 atom stereocenters. The molecule has 1 N–H and O–H groups in total. The van der Waals surface area contributed by atoms with E-state index in [1.807, 2.05) is 0 Å². The highest BCUT2D eigenvalue weighted by Gasteiger charge is 2.22. The van der Waals surface area contributed by atoms with Crippen molar-refractivity contribution in [1.82, 2.24) is 10.2 Å². The highest BCUT2D eigenvalue weighted by molar-refractivity contribution is 7.16. The first-order valence-electron chi connectivity index (χ1n) is 4.63. The first-order valence-corrected chi connectivity index (χ1v) is 5.44. The first kappa shape index (κ1) is 12.5. The van der Waals surface area contributed by atoms with Gasteiger partial charge in [0.15, 0.2) is 22.5 Å². The van der Waals surface area contributed by atoms with Gasteiger partial charge in [0.1, 0.15) is 0 Å². The van der Waals surface area contributed by atoms with E-state index in [1.165, 1.54) is 6.92 Å². The van der Waals surface area contributed by atoms with Crippen molar-refractivity contribution in [2.24, 2.45) is 0 Å². The van der Waals surface area contributed by atoms with E-state index < -0.39 is 23.4 Å². The van der Waals surface area contributed by atoms with Crippen molar-refractivity contribution in [1.29, 1.82) is 0 Å². The Balaban J connectivity index is 2.63. The fourth-order valence-corrected chi connectivity index (χ4v) is 2.17. The molecule has 0 amide bonds. The molecule has 4 nitrogen and oxygen atoms in total. The number of carboxylic acid groups (broad SMARTS) is 1. The molecule has 18 heavy (non-hydrogen) atoms. The van der Waals surface area contributed by atoms with Crippen LogP contribution in [-0.4, -0.2) is 21.3 Å². The summed E-state index contributed by atoms with van der Waals surface area (Å²) in [6.45, 7) is 1.36. The summed E-state index contributed by atoms with van der Waals surface area (Å²) in [7, 11) is 0. The molecule has 0 aliphatic heterocycles. The molecule has 0 radical (unpaired) electrons. The van der Waals surface area contributed by atoms with Crippen LogP contribution in [0.2, 0.25) is 0 Å². The van der Waals surface area contributed by atoms with Crippen LogP contribution in [0.4, 0.5) is 13.2 Å². The third-order valence-corrected chi connectivity index (χ3v) is 3.11. The fourth-order valence-electron chi connectivity index (χ4n) is 1.39. The molecule has 1 heterocycles. The number of aromatic carboxylic acids is 1. The van der Waals surface area contributed by atoms with Crippen LogP contribution >= 0.6 is 11.3 Å². The van der Waals surface area contributed by atoms with Crippen LogP contribution in [0.25, 0.3) is 10.6 Å². The van der Waals surface area contributed by atoms with Crippen LogP contribution < -0.4 is 0 Å². The largest absolute Gasteiger partial charge is 0.476 e. The Morgan fingerprint density at radius 1 is 1.28 bits per heavy atom. The fraction of sp³-hybridized carbons (Fsp3) is 0.100. The SMILES string of the molecule is Cc1cc(F)c(F)c(F)c1-c1nnc(C(=O)O)s1. The van der Waals surface area contributed by atoms with E-state index in [1.54, 1.807) is 0 Å². The Hall–Kier alpha value is -1.96. The van der Waals surface area contributed by atoms with Gasteiger partial charge in [0.25, 0.3) is 0 Å². The molecule has 0 saturated carbocycles. The van der Waals surface area contributed by atoms with Gasteiger partial charge in [-0.1, -0.05) is 11.3 Å². The zero-order valence-corrected chi connectivity index (χ0v) is 9.69. The van der Waals surface area contributed by atoms with Gasteiger partial charge in [-0.05, 0) is 18.6 Å². The standard InChI is InChI=1S/C10H5F3N2O2S/c1-3-2-4(11)6(12)7(13)5(3)8-14-15-9(18-8)10(16)17/h2H,1H3,(H,16,17). The minimum atomic E-state index is -1.62. The Labute approximate surface area is 103 Å². The molecule has 8 heteroatoms. The lowest BCUT2D eigenvalue weighted by atomic mass is 10.1. The number of aromatic nitrogens is 2. The summed E-state index contributed by atoms with van der Waals surface area (Å²) in [5, 5.41) is 15.0. The number of nitrogens with zero attached hydrogens (tertiary/aromatic N) is 2. The molecule has 1 aromatic carbocycles. The highest BCUT2D eigenvalue weighted by Crippen LogP contribution is 2.31. The molecule has 0 aliphatic rings. The van der Waals surface area contributed by atoms with Gasteiger partial charge in [0, 0.05) is 0 Å². The number of carbonyl (C=O) groups is 1. The summed E-state index contributed by atoms with van der Waals surface area (Å²) in [5.74, 6) is -5.65. The quantitative estimate of drug-likeness (QED) is 0.855. The third kappa shape index (κ3) is 1.94. The predicted octanol–water partition coefficient (Wildman–Crippen LogP) is 2.63. The number of aryl methyl sites for hydroxylation is 1. The minimum absolute atomic E-state index is 0.110. The molecule has 0 spiro atoms. The number of carboxylic acids is 1. The molecule has 1 aromatic heterocycles. The smallest absolute Gasteiger partial charge is 0.367 e. The van der Waals surface area contributed by atoms with Crippen molar-refractivity contribution in [3.8, 4) is 10.6 Å². The average Bonchev–Trinajstić information content (AvgIpc) is 2.75. The number of rotatable bonds is 2. The second kappa shape index (κ2) is 4.37. The number of hydrogen-bond donors (Lipinski definition) is 1. The number of halogens is 3. The van der Waals surface area contributed by atoms with Gasteiger partial charge in [-0.25, -0.2) is 18.0 Å². The molecule has 94 valence electrons. The Kier molecular flexibility index (Phi) is 3.04. The Morgan fingerprint density at radius 3 is 2.50 bits per heavy atom. The van der Waals surface area contributed by atoms with E-state index >= 15 is 0 Å². The summed E-state index contributed by atoms with van der Waals surface area (Å²) in [5.41, 5.74) is -0.168. The second-order valence-corrected chi connectivity index (χ2v) is 4.37. The second-order valence-electron chi connectivity index (χ2n) is 3.40. The normalized spacial score (nSPS) is 10.7. The molecule has 0 fully saturated rings. The first-order chi connectivity index (χ1) is 8.41. The Morgan fingerprint density at radius 2 is 1.94 bits per heavy atom. The van der Waals surface area contributed by atoms with Gasteiger partial charge in [0.05, 0.1) is 5.56 Å². The van der Waals surface area contributed by atoms with Crippen molar-refractivity contribution in [2.75, 3.05) is 0 Å². The van der Waals surface area contributed by atoms with E-state index in [4.69, 9.17) is 5.11 Å². The van der Waals surface area contributed by atoms with E-state index in [0.717, 1.165) is 6.07 Å². The summed E-state index contributed by atoms with van der Waals surface area (Å²) in [6.07, 6.45) is 0. The van der Waals surface area contributed by atoms with E-state index in [0.29, 0.717) is 11.3 Å².